The lowest BCUT2D eigenvalue weighted by Gasteiger charge is -2.01. The summed E-state index contributed by atoms with van der Waals surface area (Å²) in [5.74, 6) is 0.322. The number of nitrogens with zero attached hydrogens (tertiary/aromatic N) is 1. The number of fused-ring (bicyclic) bond motifs is 1. The van der Waals surface area contributed by atoms with E-state index < -0.39 is 0 Å². The summed E-state index contributed by atoms with van der Waals surface area (Å²) in [6, 6.07) is 10.4. The van der Waals surface area contributed by atoms with Crippen molar-refractivity contribution in [3.63, 3.8) is 0 Å². The van der Waals surface area contributed by atoms with Gasteiger partial charge in [0.2, 0.25) is 0 Å². The van der Waals surface area contributed by atoms with Crippen molar-refractivity contribution >= 4 is 44.3 Å². The van der Waals surface area contributed by atoms with Crippen molar-refractivity contribution < 1.29 is 9.21 Å². The second-order valence-corrected chi connectivity index (χ2v) is 5.14. The van der Waals surface area contributed by atoms with Crippen molar-refractivity contribution in [2.75, 3.05) is 11.1 Å². The predicted molar refractivity (Wildman–Crippen MR) is 80.5 cm³/mol. The molecule has 0 aliphatic heterocycles. The van der Waals surface area contributed by atoms with Crippen molar-refractivity contribution in [1.82, 2.24) is 4.98 Å². The quantitative estimate of drug-likeness (QED) is 0.705. The lowest BCUT2D eigenvalue weighted by Crippen LogP contribution is -2.11. The molecule has 3 aromatic rings. The molecule has 0 spiro atoms. The molecule has 100 valence electrons. The van der Waals surface area contributed by atoms with Crippen LogP contribution in [0, 0.1) is 0 Å². The van der Waals surface area contributed by atoms with E-state index >= 15 is 0 Å². The van der Waals surface area contributed by atoms with E-state index in [9.17, 15) is 4.79 Å². The molecule has 2 heterocycles. The maximum absolute atomic E-state index is 12.1. The standard InChI is InChI=1S/C14H10BrN3O2/c15-9-1-4-13(17-7-9)18-14(19)12-6-8-5-10(16)2-3-11(8)20-12/h1-7H,16H2,(H,17,18,19). The Morgan fingerprint density at radius 2 is 2.10 bits per heavy atom. The molecule has 0 unspecified atom stereocenters. The van der Waals surface area contributed by atoms with Gasteiger partial charge in [-0.05, 0) is 52.3 Å². The topological polar surface area (TPSA) is 81.1 Å². The van der Waals surface area contributed by atoms with E-state index in [-0.39, 0.29) is 11.7 Å². The minimum atomic E-state index is -0.352. The van der Waals surface area contributed by atoms with Crippen molar-refractivity contribution in [2.45, 2.75) is 0 Å². The molecule has 5 nitrogen and oxygen atoms in total. The Morgan fingerprint density at radius 3 is 2.85 bits per heavy atom. The molecule has 1 amide bonds. The van der Waals surface area contributed by atoms with Gasteiger partial charge < -0.3 is 15.5 Å². The zero-order valence-electron chi connectivity index (χ0n) is 10.3. The molecule has 0 atom stereocenters. The summed E-state index contributed by atoms with van der Waals surface area (Å²) in [5, 5.41) is 3.46. The third-order valence-electron chi connectivity index (χ3n) is 2.73. The van der Waals surface area contributed by atoms with Gasteiger partial charge in [-0.1, -0.05) is 0 Å². The van der Waals surface area contributed by atoms with Crippen molar-refractivity contribution in [2.24, 2.45) is 0 Å². The Balaban J connectivity index is 1.86. The molecule has 3 rings (SSSR count). The first-order valence-corrected chi connectivity index (χ1v) is 6.63. The number of carbonyl (C=O) groups is 1. The summed E-state index contributed by atoms with van der Waals surface area (Å²) in [5.41, 5.74) is 6.93. The van der Waals surface area contributed by atoms with Gasteiger partial charge in [0.05, 0.1) is 0 Å². The van der Waals surface area contributed by atoms with E-state index in [1.807, 2.05) is 0 Å². The van der Waals surface area contributed by atoms with Crippen LogP contribution >= 0.6 is 15.9 Å². The highest BCUT2D eigenvalue weighted by Crippen LogP contribution is 2.22. The third-order valence-corrected chi connectivity index (χ3v) is 3.20. The van der Waals surface area contributed by atoms with Crippen LogP contribution < -0.4 is 11.1 Å². The Kier molecular flexibility index (Phi) is 3.15. The van der Waals surface area contributed by atoms with E-state index in [1.165, 1.54) is 0 Å². The molecule has 0 aliphatic rings. The first kappa shape index (κ1) is 12.7. The number of amides is 1. The van der Waals surface area contributed by atoms with E-state index in [4.69, 9.17) is 10.2 Å². The van der Waals surface area contributed by atoms with Crippen molar-refractivity contribution in [3.8, 4) is 0 Å². The van der Waals surface area contributed by atoms with Gasteiger partial charge in [-0.15, -0.1) is 0 Å². The van der Waals surface area contributed by atoms with Crippen LogP contribution in [-0.2, 0) is 0 Å². The number of nitrogen functional groups attached to an aromatic ring is 1. The van der Waals surface area contributed by atoms with E-state index in [0.29, 0.717) is 17.1 Å². The average molecular weight is 332 g/mol. The van der Waals surface area contributed by atoms with Gasteiger partial charge in [0.15, 0.2) is 5.76 Å². The first-order valence-electron chi connectivity index (χ1n) is 5.84. The number of hydrogen-bond donors (Lipinski definition) is 2. The summed E-state index contributed by atoms with van der Waals surface area (Å²) < 4.78 is 6.32. The lowest BCUT2D eigenvalue weighted by molar-refractivity contribution is 0.0998. The number of halogens is 1. The highest BCUT2D eigenvalue weighted by Gasteiger charge is 2.13. The monoisotopic (exact) mass is 331 g/mol. The van der Waals surface area contributed by atoms with Crippen LogP contribution in [0.4, 0.5) is 11.5 Å². The molecule has 0 bridgehead atoms. The fourth-order valence-corrected chi connectivity index (χ4v) is 2.04. The summed E-state index contributed by atoms with van der Waals surface area (Å²) in [4.78, 5) is 16.1. The molecule has 0 saturated heterocycles. The van der Waals surface area contributed by atoms with Crippen LogP contribution in [0.1, 0.15) is 10.6 Å². The number of nitrogens with two attached hydrogens (primary N) is 1. The number of hydrogen-bond acceptors (Lipinski definition) is 4. The first-order chi connectivity index (χ1) is 9.61. The average Bonchev–Trinajstić information content (AvgIpc) is 2.84. The van der Waals surface area contributed by atoms with Gasteiger partial charge >= 0.3 is 0 Å². The fraction of sp³-hybridized carbons (Fsp3) is 0. The summed E-state index contributed by atoms with van der Waals surface area (Å²) in [6.45, 7) is 0. The maximum Gasteiger partial charge on any atom is 0.292 e. The van der Waals surface area contributed by atoms with Gasteiger partial charge in [0, 0.05) is 21.7 Å². The van der Waals surface area contributed by atoms with Crippen LogP contribution in [0.3, 0.4) is 0 Å². The van der Waals surface area contributed by atoms with Crippen LogP contribution in [-0.4, -0.2) is 10.9 Å². The smallest absolute Gasteiger partial charge is 0.292 e. The van der Waals surface area contributed by atoms with Crippen LogP contribution in [0.15, 0.2) is 51.5 Å². The molecule has 1 aromatic carbocycles. The van der Waals surface area contributed by atoms with Gasteiger partial charge in [-0.3, -0.25) is 4.79 Å². The zero-order valence-corrected chi connectivity index (χ0v) is 11.8. The number of pyridine rings is 1. The number of rotatable bonds is 2. The number of anilines is 2. The lowest BCUT2D eigenvalue weighted by atomic mass is 10.2. The molecule has 20 heavy (non-hydrogen) atoms. The van der Waals surface area contributed by atoms with Crippen LogP contribution in [0.25, 0.3) is 11.0 Å². The van der Waals surface area contributed by atoms with E-state index in [1.54, 1.807) is 42.6 Å². The predicted octanol–water partition coefficient (Wildman–Crippen LogP) is 3.42. The van der Waals surface area contributed by atoms with Gasteiger partial charge in [-0.2, -0.15) is 0 Å². The number of furan rings is 1. The van der Waals surface area contributed by atoms with Crippen LogP contribution in [0.5, 0.6) is 0 Å². The molecule has 0 aliphatic carbocycles. The molecular weight excluding hydrogens is 322 g/mol. The number of carbonyl (C=O) groups excluding carboxylic acids is 1. The highest BCUT2D eigenvalue weighted by molar-refractivity contribution is 9.10. The zero-order chi connectivity index (χ0) is 14.1. The van der Waals surface area contributed by atoms with Gasteiger partial charge in [0.1, 0.15) is 11.4 Å². The SMILES string of the molecule is Nc1ccc2oc(C(=O)Nc3ccc(Br)cn3)cc2c1. The van der Waals surface area contributed by atoms with E-state index in [2.05, 4.69) is 26.2 Å². The Hall–Kier alpha value is -2.34. The van der Waals surface area contributed by atoms with E-state index in [0.717, 1.165) is 9.86 Å². The Bertz CT molecular complexity index is 781. The van der Waals surface area contributed by atoms with Crippen molar-refractivity contribution in [1.29, 1.82) is 0 Å². The molecule has 0 fully saturated rings. The number of benzene rings is 1. The maximum atomic E-state index is 12.1. The Morgan fingerprint density at radius 1 is 1.25 bits per heavy atom. The molecule has 2 aromatic heterocycles. The second-order valence-electron chi connectivity index (χ2n) is 4.22. The largest absolute Gasteiger partial charge is 0.451 e. The normalized spacial score (nSPS) is 10.7. The minimum Gasteiger partial charge on any atom is -0.451 e. The molecule has 6 heteroatoms. The summed E-state index contributed by atoms with van der Waals surface area (Å²) in [7, 11) is 0. The van der Waals surface area contributed by atoms with Crippen LogP contribution in [0.2, 0.25) is 0 Å². The fourth-order valence-electron chi connectivity index (χ4n) is 1.80. The molecule has 0 radical (unpaired) electrons. The summed E-state index contributed by atoms with van der Waals surface area (Å²) >= 11 is 3.28. The highest BCUT2D eigenvalue weighted by atomic mass is 79.9. The summed E-state index contributed by atoms with van der Waals surface area (Å²) in [6.07, 6.45) is 1.61. The van der Waals surface area contributed by atoms with Crippen molar-refractivity contribution in [3.05, 3.63) is 52.8 Å². The van der Waals surface area contributed by atoms with Gasteiger partial charge in [-0.25, -0.2) is 4.98 Å². The number of nitrogens with one attached hydrogen (secondary N) is 1. The molecule has 3 N–H and O–H groups in total. The van der Waals surface area contributed by atoms with Gasteiger partial charge in [0.25, 0.3) is 5.91 Å². The Labute approximate surface area is 122 Å². The molecular formula is C14H10BrN3O2. The third kappa shape index (κ3) is 2.50. The number of aromatic nitrogens is 1. The molecule has 0 saturated carbocycles. The second kappa shape index (κ2) is 4.97. The minimum absolute atomic E-state index is 0.218.